The van der Waals surface area contributed by atoms with E-state index < -0.39 is 0 Å². The third-order valence-corrected chi connectivity index (χ3v) is 4.57. The zero-order chi connectivity index (χ0) is 16.8. The van der Waals surface area contributed by atoms with Crippen molar-refractivity contribution in [3.63, 3.8) is 0 Å². The molecule has 24 heavy (non-hydrogen) atoms. The molecule has 0 saturated carbocycles. The number of nitrogens with one attached hydrogen (secondary N) is 1. The maximum Gasteiger partial charge on any atom is 0.254 e. The van der Waals surface area contributed by atoms with Gasteiger partial charge >= 0.3 is 0 Å². The summed E-state index contributed by atoms with van der Waals surface area (Å²) in [5.74, 6) is -0.110. The molecule has 0 radical (unpaired) electrons. The Morgan fingerprint density at radius 3 is 2.50 bits per heavy atom. The molecular weight excluding hydrogens is 316 g/mol. The number of pyridine rings is 1. The predicted octanol–water partition coefficient (Wildman–Crippen LogP) is 4.47. The van der Waals surface area contributed by atoms with Gasteiger partial charge in [0.25, 0.3) is 5.91 Å². The highest BCUT2D eigenvalue weighted by Gasteiger charge is 2.13. The van der Waals surface area contributed by atoms with Crippen LogP contribution in [0.4, 0.5) is 0 Å². The van der Waals surface area contributed by atoms with Crippen LogP contribution >= 0.6 is 11.8 Å². The van der Waals surface area contributed by atoms with E-state index in [9.17, 15) is 4.79 Å². The largest absolute Gasteiger partial charge is 0.348 e. The van der Waals surface area contributed by atoms with Gasteiger partial charge in [-0.3, -0.25) is 4.79 Å². The lowest BCUT2D eigenvalue weighted by atomic mass is 10.2. The summed E-state index contributed by atoms with van der Waals surface area (Å²) >= 11 is 1.50. The molecule has 1 N–H and O–H groups in total. The number of nitrogens with zero attached hydrogens (tertiary/aromatic N) is 1. The minimum atomic E-state index is -0.110. The molecule has 0 fully saturated rings. The van der Waals surface area contributed by atoms with Crippen LogP contribution in [0, 0.1) is 6.92 Å². The van der Waals surface area contributed by atoms with E-state index in [1.165, 1.54) is 17.3 Å². The van der Waals surface area contributed by atoms with Gasteiger partial charge in [-0.1, -0.05) is 59.8 Å². The summed E-state index contributed by atoms with van der Waals surface area (Å²) in [5.41, 5.74) is 2.88. The van der Waals surface area contributed by atoms with E-state index in [1.54, 1.807) is 12.3 Å². The Morgan fingerprint density at radius 2 is 1.75 bits per heavy atom. The van der Waals surface area contributed by atoms with Gasteiger partial charge in [0.1, 0.15) is 5.03 Å². The zero-order valence-electron chi connectivity index (χ0n) is 13.4. The Morgan fingerprint density at radius 1 is 1.00 bits per heavy atom. The number of hydrogen-bond acceptors (Lipinski definition) is 3. The molecule has 3 nitrogen and oxygen atoms in total. The van der Waals surface area contributed by atoms with Gasteiger partial charge in [-0.05, 0) is 36.8 Å². The Kier molecular flexibility index (Phi) is 5.29. The summed E-state index contributed by atoms with van der Waals surface area (Å²) in [4.78, 5) is 18.0. The van der Waals surface area contributed by atoms with Crippen LogP contribution < -0.4 is 5.32 Å². The molecule has 120 valence electrons. The second-order valence-electron chi connectivity index (χ2n) is 5.44. The van der Waals surface area contributed by atoms with Crippen LogP contribution in [0.15, 0.2) is 82.8 Å². The van der Waals surface area contributed by atoms with Crippen LogP contribution in [0.1, 0.15) is 21.5 Å². The second-order valence-corrected chi connectivity index (χ2v) is 6.50. The number of rotatable bonds is 5. The number of aromatic nitrogens is 1. The first-order valence-electron chi connectivity index (χ1n) is 7.74. The van der Waals surface area contributed by atoms with E-state index >= 15 is 0 Å². The third-order valence-electron chi connectivity index (χ3n) is 3.55. The molecule has 1 aromatic heterocycles. The average Bonchev–Trinajstić information content (AvgIpc) is 2.63. The van der Waals surface area contributed by atoms with Crippen LogP contribution in [-0.4, -0.2) is 10.9 Å². The van der Waals surface area contributed by atoms with E-state index in [2.05, 4.69) is 29.4 Å². The van der Waals surface area contributed by atoms with Crippen LogP contribution in [0.3, 0.4) is 0 Å². The molecule has 3 rings (SSSR count). The standard InChI is InChI=1S/C20H18N2OS/c1-15-9-11-17(12-10-15)24-20-18(8-5-13-21-20)19(23)22-14-16-6-3-2-4-7-16/h2-13H,14H2,1H3,(H,22,23). The van der Waals surface area contributed by atoms with E-state index in [-0.39, 0.29) is 5.91 Å². The van der Waals surface area contributed by atoms with Gasteiger partial charge in [0.15, 0.2) is 0 Å². The minimum absolute atomic E-state index is 0.110. The fourth-order valence-electron chi connectivity index (χ4n) is 2.24. The maximum atomic E-state index is 12.5. The van der Waals surface area contributed by atoms with Crippen LogP contribution in [0.25, 0.3) is 0 Å². The number of amides is 1. The van der Waals surface area contributed by atoms with Gasteiger partial charge in [-0.25, -0.2) is 4.98 Å². The SMILES string of the molecule is Cc1ccc(Sc2ncccc2C(=O)NCc2ccccc2)cc1. The highest BCUT2D eigenvalue weighted by atomic mass is 32.2. The average molecular weight is 334 g/mol. The molecule has 0 aliphatic rings. The summed E-state index contributed by atoms with van der Waals surface area (Å²) in [6.07, 6.45) is 1.71. The van der Waals surface area contributed by atoms with Gasteiger partial charge in [-0.15, -0.1) is 0 Å². The fraction of sp³-hybridized carbons (Fsp3) is 0.100. The Bertz CT molecular complexity index is 817. The van der Waals surface area contributed by atoms with Gasteiger partial charge < -0.3 is 5.32 Å². The molecule has 0 atom stereocenters. The third kappa shape index (κ3) is 4.24. The van der Waals surface area contributed by atoms with Crippen molar-refractivity contribution < 1.29 is 4.79 Å². The van der Waals surface area contributed by atoms with E-state index in [0.29, 0.717) is 17.1 Å². The predicted molar refractivity (Wildman–Crippen MR) is 97.2 cm³/mol. The van der Waals surface area contributed by atoms with Gasteiger partial charge in [0.2, 0.25) is 0 Å². The van der Waals surface area contributed by atoms with E-state index in [1.807, 2.05) is 48.5 Å². The van der Waals surface area contributed by atoms with E-state index in [4.69, 9.17) is 0 Å². The highest BCUT2D eigenvalue weighted by molar-refractivity contribution is 7.99. The molecule has 0 bridgehead atoms. The van der Waals surface area contributed by atoms with Gasteiger partial charge in [-0.2, -0.15) is 0 Å². The second kappa shape index (κ2) is 7.79. The molecule has 4 heteroatoms. The first-order chi connectivity index (χ1) is 11.7. The maximum absolute atomic E-state index is 12.5. The lowest BCUT2D eigenvalue weighted by Crippen LogP contribution is -2.23. The van der Waals surface area contributed by atoms with Crippen molar-refractivity contribution >= 4 is 17.7 Å². The number of hydrogen-bond donors (Lipinski definition) is 1. The van der Waals surface area contributed by atoms with Gasteiger partial charge in [0, 0.05) is 17.6 Å². The number of benzene rings is 2. The Balaban J connectivity index is 1.73. The van der Waals surface area contributed by atoms with Crippen molar-refractivity contribution in [3.8, 4) is 0 Å². The molecule has 0 aliphatic carbocycles. The van der Waals surface area contributed by atoms with Crippen molar-refractivity contribution in [1.29, 1.82) is 0 Å². The normalized spacial score (nSPS) is 10.4. The Labute approximate surface area is 146 Å². The lowest BCUT2D eigenvalue weighted by Gasteiger charge is -2.09. The molecule has 3 aromatic rings. The van der Waals surface area contributed by atoms with Crippen molar-refractivity contribution in [2.45, 2.75) is 23.4 Å². The number of carbonyl (C=O) groups is 1. The first kappa shape index (κ1) is 16.3. The molecule has 0 aliphatic heterocycles. The Hall–Kier alpha value is -2.59. The molecule has 0 spiro atoms. The summed E-state index contributed by atoms with van der Waals surface area (Å²) in [6, 6.07) is 21.7. The minimum Gasteiger partial charge on any atom is -0.348 e. The summed E-state index contributed by atoms with van der Waals surface area (Å²) in [7, 11) is 0. The molecule has 2 aromatic carbocycles. The van der Waals surface area contributed by atoms with Crippen LogP contribution in [-0.2, 0) is 6.54 Å². The first-order valence-corrected chi connectivity index (χ1v) is 8.56. The monoisotopic (exact) mass is 334 g/mol. The lowest BCUT2D eigenvalue weighted by molar-refractivity contribution is 0.0947. The number of aryl methyl sites for hydroxylation is 1. The number of carbonyl (C=O) groups excluding carboxylic acids is 1. The fourth-order valence-corrected chi connectivity index (χ4v) is 3.12. The van der Waals surface area contributed by atoms with Crippen molar-refractivity contribution in [1.82, 2.24) is 10.3 Å². The smallest absolute Gasteiger partial charge is 0.254 e. The summed E-state index contributed by atoms with van der Waals surface area (Å²) in [6.45, 7) is 2.56. The summed E-state index contributed by atoms with van der Waals surface area (Å²) in [5, 5.41) is 3.67. The van der Waals surface area contributed by atoms with Crippen molar-refractivity contribution in [2.75, 3.05) is 0 Å². The highest BCUT2D eigenvalue weighted by Crippen LogP contribution is 2.28. The van der Waals surface area contributed by atoms with Crippen LogP contribution in [0.2, 0.25) is 0 Å². The quantitative estimate of drug-likeness (QED) is 0.748. The van der Waals surface area contributed by atoms with Crippen LogP contribution in [0.5, 0.6) is 0 Å². The summed E-state index contributed by atoms with van der Waals surface area (Å²) < 4.78 is 0. The molecule has 1 amide bonds. The van der Waals surface area contributed by atoms with Crippen molar-refractivity contribution in [3.05, 3.63) is 89.6 Å². The molecule has 1 heterocycles. The molecule has 0 unspecified atom stereocenters. The molecule has 0 saturated heterocycles. The van der Waals surface area contributed by atoms with Gasteiger partial charge in [0.05, 0.1) is 5.56 Å². The zero-order valence-corrected chi connectivity index (χ0v) is 14.2. The van der Waals surface area contributed by atoms with Crippen molar-refractivity contribution in [2.24, 2.45) is 0 Å². The topological polar surface area (TPSA) is 42.0 Å². The van der Waals surface area contributed by atoms with E-state index in [0.717, 1.165) is 10.5 Å². The molecular formula is C20H18N2OS.